The lowest BCUT2D eigenvalue weighted by atomic mass is 10.2. The molecule has 1 N–H and O–H groups in total. The van der Waals surface area contributed by atoms with Gasteiger partial charge < -0.3 is 9.88 Å². The molecule has 9 heteroatoms. The lowest BCUT2D eigenvalue weighted by Gasteiger charge is -2.07. The first-order valence-electron chi connectivity index (χ1n) is 8.28. The molecular formula is C19H16Cl2N4O2S. The van der Waals surface area contributed by atoms with Gasteiger partial charge in [0.15, 0.2) is 16.8 Å². The Hall–Kier alpha value is -2.35. The second-order valence-electron chi connectivity index (χ2n) is 5.85. The van der Waals surface area contributed by atoms with E-state index in [2.05, 4.69) is 15.5 Å². The van der Waals surface area contributed by atoms with Crippen LogP contribution in [-0.2, 0) is 13.6 Å². The van der Waals surface area contributed by atoms with E-state index in [4.69, 9.17) is 23.2 Å². The van der Waals surface area contributed by atoms with E-state index in [-0.39, 0.29) is 24.0 Å². The fraction of sp³-hybridized carbons (Fsp3) is 0.158. The fourth-order valence-corrected chi connectivity index (χ4v) is 3.48. The zero-order valence-electron chi connectivity index (χ0n) is 14.9. The van der Waals surface area contributed by atoms with Gasteiger partial charge in [-0.1, -0.05) is 65.3 Å². The van der Waals surface area contributed by atoms with Gasteiger partial charge in [-0.2, -0.15) is 0 Å². The normalized spacial score (nSPS) is 10.7. The molecule has 1 aromatic heterocycles. The van der Waals surface area contributed by atoms with Gasteiger partial charge in [-0.05, 0) is 18.2 Å². The molecule has 0 bridgehead atoms. The zero-order valence-corrected chi connectivity index (χ0v) is 17.2. The molecule has 0 fully saturated rings. The van der Waals surface area contributed by atoms with E-state index in [9.17, 15) is 9.59 Å². The maximum atomic E-state index is 12.3. The van der Waals surface area contributed by atoms with Crippen molar-refractivity contribution in [2.75, 3.05) is 5.75 Å². The molecule has 6 nitrogen and oxygen atoms in total. The third-order valence-corrected chi connectivity index (χ3v) is 5.70. The highest BCUT2D eigenvalue weighted by molar-refractivity contribution is 7.99. The van der Waals surface area contributed by atoms with Crippen LogP contribution in [0.4, 0.5) is 0 Å². The molecular weight excluding hydrogens is 419 g/mol. The van der Waals surface area contributed by atoms with Crippen LogP contribution in [0.2, 0.25) is 10.0 Å². The van der Waals surface area contributed by atoms with E-state index in [0.717, 1.165) is 0 Å². The van der Waals surface area contributed by atoms with Crippen LogP contribution in [0.1, 0.15) is 26.5 Å². The van der Waals surface area contributed by atoms with E-state index in [1.54, 1.807) is 35.9 Å². The van der Waals surface area contributed by atoms with Gasteiger partial charge in [0, 0.05) is 18.2 Å². The molecule has 1 amide bonds. The summed E-state index contributed by atoms with van der Waals surface area (Å²) in [5.41, 5.74) is 1.06. The monoisotopic (exact) mass is 434 g/mol. The lowest BCUT2D eigenvalue weighted by molar-refractivity contribution is 0.0948. The summed E-state index contributed by atoms with van der Waals surface area (Å²) in [4.78, 5) is 24.5. The first-order chi connectivity index (χ1) is 13.5. The fourth-order valence-electron chi connectivity index (χ4n) is 2.36. The smallest absolute Gasteiger partial charge is 0.251 e. The summed E-state index contributed by atoms with van der Waals surface area (Å²) >= 11 is 13.1. The Morgan fingerprint density at radius 2 is 1.79 bits per heavy atom. The average Bonchev–Trinajstić information content (AvgIpc) is 3.06. The predicted molar refractivity (Wildman–Crippen MR) is 110 cm³/mol. The molecule has 0 aliphatic carbocycles. The minimum atomic E-state index is -0.296. The summed E-state index contributed by atoms with van der Waals surface area (Å²) in [6, 6.07) is 13.8. The summed E-state index contributed by atoms with van der Waals surface area (Å²) in [6.07, 6.45) is 0. The number of hydrogen-bond acceptors (Lipinski definition) is 5. The van der Waals surface area contributed by atoms with E-state index in [0.29, 0.717) is 32.2 Å². The molecule has 0 aliphatic heterocycles. The van der Waals surface area contributed by atoms with Gasteiger partial charge in [-0.15, -0.1) is 10.2 Å². The van der Waals surface area contributed by atoms with Crippen LogP contribution in [0.5, 0.6) is 0 Å². The van der Waals surface area contributed by atoms with E-state index in [1.807, 2.05) is 18.2 Å². The third-order valence-electron chi connectivity index (χ3n) is 3.94. The van der Waals surface area contributed by atoms with Gasteiger partial charge >= 0.3 is 0 Å². The summed E-state index contributed by atoms with van der Waals surface area (Å²) in [6.45, 7) is 0.190. The van der Waals surface area contributed by atoms with Crippen molar-refractivity contribution in [3.63, 3.8) is 0 Å². The summed E-state index contributed by atoms with van der Waals surface area (Å²) in [5.74, 6) is 0.548. The molecule has 0 atom stereocenters. The summed E-state index contributed by atoms with van der Waals surface area (Å²) in [7, 11) is 1.79. The number of halogens is 2. The number of carbonyl (C=O) groups excluding carboxylic acids is 2. The van der Waals surface area contributed by atoms with Crippen LogP contribution in [0.15, 0.2) is 53.7 Å². The van der Waals surface area contributed by atoms with Crippen LogP contribution in [0, 0.1) is 0 Å². The Morgan fingerprint density at radius 1 is 1.04 bits per heavy atom. The highest BCUT2D eigenvalue weighted by Crippen LogP contribution is 2.22. The molecule has 2 aromatic carbocycles. The van der Waals surface area contributed by atoms with Crippen molar-refractivity contribution in [3.05, 3.63) is 75.5 Å². The van der Waals surface area contributed by atoms with Crippen molar-refractivity contribution in [3.8, 4) is 0 Å². The number of nitrogens with zero attached hydrogens (tertiary/aromatic N) is 3. The molecule has 3 aromatic rings. The van der Waals surface area contributed by atoms with Crippen LogP contribution in [0.3, 0.4) is 0 Å². The van der Waals surface area contributed by atoms with Gasteiger partial charge in [-0.25, -0.2) is 0 Å². The van der Waals surface area contributed by atoms with Gasteiger partial charge in [0.1, 0.15) is 0 Å². The van der Waals surface area contributed by atoms with Gasteiger partial charge in [0.05, 0.1) is 22.3 Å². The number of hydrogen-bond donors (Lipinski definition) is 1. The number of carbonyl (C=O) groups is 2. The van der Waals surface area contributed by atoms with Crippen LogP contribution in [0.25, 0.3) is 0 Å². The number of amides is 1. The lowest BCUT2D eigenvalue weighted by Crippen LogP contribution is -2.24. The molecule has 0 unspecified atom stereocenters. The number of nitrogens with one attached hydrogen (secondary N) is 1. The quantitative estimate of drug-likeness (QED) is 0.448. The third kappa shape index (κ3) is 4.92. The number of rotatable bonds is 7. The number of Topliss-reactive ketones (excluding diaryl/α,β-unsaturated/α-hetero) is 1. The Bertz CT molecular complexity index is 1010. The second kappa shape index (κ2) is 9.23. The van der Waals surface area contributed by atoms with Crippen molar-refractivity contribution in [2.45, 2.75) is 11.7 Å². The molecule has 0 aliphatic rings. The average molecular weight is 435 g/mol. The first kappa shape index (κ1) is 20.4. The number of ketones is 1. The van der Waals surface area contributed by atoms with Gasteiger partial charge in [0.25, 0.3) is 5.91 Å². The van der Waals surface area contributed by atoms with E-state index in [1.165, 1.54) is 17.8 Å². The Morgan fingerprint density at radius 3 is 2.50 bits per heavy atom. The highest BCUT2D eigenvalue weighted by Gasteiger charge is 2.14. The molecule has 0 saturated heterocycles. The topological polar surface area (TPSA) is 76.9 Å². The SMILES string of the molecule is Cn1c(CNC(=O)c2ccc(Cl)c(Cl)c2)nnc1SCC(=O)c1ccccc1. The Labute approximate surface area is 176 Å². The summed E-state index contributed by atoms with van der Waals surface area (Å²) in [5, 5.41) is 12.2. The molecule has 0 spiro atoms. The maximum Gasteiger partial charge on any atom is 0.251 e. The van der Waals surface area contributed by atoms with Crippen molar-refractivity contribution < 1.29 is 9.59 Å². The molecule has 1 heterocycles. The standard InChI is InChI=1S/C19H16Cl2N4O2S/c1-25-17(10-22-18(27)13-7-8-14(20)15(21)9-13)23-24-19(25)28-11-16(26)12-5-3-2-4-6-12/h2-9H,10-11H2,1H3,(H,22,27). The molecule has 144 valence electrons. The van der Waals surface area contributed by atoms with Crippen molar-refractivity contribution in [1.82, 2.24) is 20.1 Å². The predicted octanol–water partition coefficient (Wildman–Crippen LogP) is 4.03. The Kier molecular flexibility index (Phi) is 6.72. The number of thioether (sulfide) groups is 1. The summed E-state index contributed by atoms with van der Waals surface area (Å²) < 4.78 is 1.75. The van der Waals surface area contributed by atoms with Crippen molar-refractivity contribution >= 4 is 46.7 Å². The van der Waals surface area contributed by atoms with Crippen LogP contribution < -0.4 is 5.32 Å². The van der Waals surface area contributed by atoms with Gasteiger partial charge in [-0.3, -0.25) is 9.59 Å². The second-order valence-corrected chi connectivity index (χ2v) is 7.60. The first-order valence-corrected chi connectivity index (χ1v) is 10.0. The number of aromatic nitrogens is 3. The molecule has 28 heavy (non-hydrogen) atoms. The zero-order chi connectivity index (χ0) is 20.1. The van der Waals surface area contributed by atoms with E-state index < -0.39 is 0 Å². The van der Waals surface area contributed by atoms with Crippen LogP contribution in [-0.4, -0.2) is 32.2 Å². The molecule has 3 rings (SSSR count). The molecule has 0 radical (unpaired) electrons. The number of benzene rings is 2. The van der Waals surface area contributed by atoms with Crippen molar-refractivity contribution in [1.29, 1.82) is 0 Å². The molecule has 0 saturated carbocycles. The largest absolute Gasteiger partial charge is 0.345 e. The highest BCUT2D eigenvalue weighted by atomic mass is 35.5. The maximum absolute atomic E-state index is 12.3. The van der Waals surface area contributed by atoms with E-state index >= 15 is 0 Å². The van der Waals surface area contributed by atoms with Crippen molar-refractivity contribution in [2.24, 2.45) is 7.05 Å². The minimum absolute atomic E-state index is 0.0167. The minimum Gasteiger partial charge on any atom is -0.345 e. The van der Waals surface area contributed by atoms with Gasteiger partial charge in [0.2, 0.25) is 0 Å². The van der Waals surface area contributed by atoms with Crippen LogP contribution >= 0.6 is 35.0 Å². The Balaban J connectivity index is 1.57.